The lowest BCUT2D eigenvalue weighted by molar-refractivity contribution is 0.0996. The number of carbonyl (C=O) groups is 1. The third-order valence-corrected chi connectivity index (χ3v) is 8.65. The molecule has 3 heteroatoms. The number of hydrogen-bond acceptors (Lipinski definition) is 1. The normalized spacial score (nSPS) is 12.8. The van der Waals surface area contributed by atoms with Gasteiger partial charge in [0.25, 0.3) is 5.91 Å². The summed E-state index contributed by atoms with van der Waals surface area (Å²) in [5.41, 5.74) is 13.0. The Morgan fingerprint density at radius 1 is 0.535 bits per heavy atom. The standard InChI is InChI=1S/C40H30N2O/c1-26-20-27(2)22-32(21-26)30-18-19-37-35(24-30)34-15-6-7-16-36(34)42(37)38-17-9-13-31-25-41(40(43)39(31)38)33-14-8-12-29(23-33)28-10-4-3-5-11-28/h3-24H,25H2,1-2H3. The van der Waals surface area contributed by atoms with Gasteiger partial charge in [-0.3, -0.25) is 4.79 Å². The first-order chi connectivity index (χ1) is 21.0. The second-order valence-electron chi connectivity index (χ2n) is 11.6. The van der Waals surface area contributed by atoms with Gasteiger partial charge < -0.3 is 9.47 Å². The van der Waals surface area contributed by atoms with Gasteiger partial charge in [0.15, 0.2) is 0 Å². The van der Waals surface area contributed by atoms with Crippen molar-refractivity contribution in [2.45, 2.75) is 20.4 Å². The monoisotopic (exact) mass is 554 g/mol. The zero-order valence-corrected chi connectivity index (χ0v) is 24.2. The Bertz CT molecular complexity index is 2190. The van der Waals surface area contributed by atoms with Crippen molar-refractivity contribution >= 4 is 33.4 Å². The maximum absolute atomic E-state index is 14.2. The van der Waals surface area contributed by atoms with Crippen LogP contribution in [0, 0.1) is 13.8 Å². The van der Waals surface area contributed by atoms with Gasteiger partial charge in [0.1, 0.15) is 0 Å². The maximum atomic E-state index is 14.2. The molecule has 206 valence electrons. The quantitative estimate of drug-likeness (QED) is 0.213. The van der Waals surface area contributed by atoms with E-state index in [1.807, 2.05) is 35.2 Å². The lowest BCUT2D eigenvalue weighted by Gasteiger charge is -2.17. The smallest absolute Gasteiger partial charge is 0.261 e. The Hall–Kier alpha value is -5.41. The molecule has 7 aromatic rings. The highest BCUT2D eigenvalue weighted by molar-refractivity contribution is 6.15. The van der Waals surface area contributed by atoms with Gasteiger partial charge in [0.2, 0.25) is 0 Å². The van der Waals surface area contributed by atoms with Crippen LogP contribution in [-0.4, -0.2) is 10.5 Å². The third kappa shape index (κ3) is 4.16. The Morgan fingerprint density at radius 2 is 1.23 bits per heavy atom. The predicted octanol–water partition coefficient (Wildman–Crippen LogP) is 9.89. The van der Waals surface area contributed by atoms with E-state index in [0.717, 1.165) is 44.7 Å². The molecule has 1 aromatic heterocycles. The van der Waals surface area contributed by atoms with Crippen molar-refractivity contribution in [3.8, 4) is 27.9 Å². The van der Waals surface area contributed by atoms with Gasteiger partial charge >= 0.3 is 0 Å². The molecule has 0 aliphatic carbocycles. The molecule has 1 aliphatic rings. The van der Waals surface area contributed by atoms with Crippen molar-refractivity contribution in [1.29, 1.82) is 0 Å². The van der Waals surface area contributed by atoms with E-state index in [0.29, 0.717) is 6.54 Å². The van der Waals surface area contributed by atoms with E-state index < -0.39 is 0 Å². The van der Waals surface area contributed by atoms with Crippen LogP contribution in [0.2, 0.25) is 0 Å². The Kier molecular flexibility index (Phi) is 5.80. The minimum Gasteiger partial charge on any atom is -0.308 e. The molecule has 6 aromatic carbocycles. The van der Waals surface area contributed by atoms with Crippen LogP contribution in [-0.2, 0) is 6.54 Å². The second kappa shape index (κ2) is 9.85. The zero-order valence-electron chi connectivity index (χ0n) is 24.2. The zero-order chi connectivity index (χ0) is 29.1. The van der Waals surface area contributed by atoms with Crippen molar-refractivity contribution in [2.24, 2.45) is 0 Å². The summed E-state index contributed by atoms with van der Waals surface area (Å²) in [6.07, 6.45) is 0. The molecule has 8 rings (SSSR count). The fraction of sp³-hybridized carbons (Fsp3) is 0.0750. The minimum absolute atomic E-state index is 0.0357. The molecule has 0 bridgehead atoms. The summed E-state index contributed by atoms with van der Waals surface area (Å²) in [7, 11) is 0. The van der Waals surface area contributed by atoms with Crippen molar-refractivity contribution in [3.63, 3.8) is 0 Å². The van der Waals surface area contributed by atoms with E-state index in [1.54, 1.807) is 0 Å². The Morgan fingerprint density at radius 3 is 2.07 bits per heavy atom. The molecule has 0 saturated carbocycles. The van der Waals surface area contributed by atoms with Crippen LogP contribution in [0.15, 0.2) is 133 Å². The number of amides is 1. The molecule has 1 aliphatic heterocycles. The van der Waals surface area contributed by atoms with Crippen molar-refractivity contribution < 1.29 is 4.79 Å². The molecule has 1 amide bonds. The van der Waals surface area contributed by atoms with Crippen LogP contribution in [0.5, 0.6) is 0 Å². The number of aromatic nitrogens is 1. The van der Waals surface area contributed by atoms with Crippen LogP contribution in [0.25, 0.3) is 49.7 Å². The number of benzene rings is 6. The Labute approximate surface area is 251 Å². The predicted molar refractivity (Wildman–Crippen MR) is 178 cm³/mol. The highest BCUT2D eigenvalue weighted by Gasteiger charge is 2.32. The number of hydrogen-bond donors (Lipinski definition) is 0. The third-order valence-electron chi connectivity index (χ3n) is 8.65. The average Bonchev–Trinajstić information content (AvgIpc) is 3.55. The van der Waals surface area contributed by atoms with Gasteiger partial charge in [0.05, 0.1) is 28.8 Å². The van der Waals surface area contributed by atoms with Gasteiger partial charge in [-0.05, 0) is 78.1 Å². The van der Waals surface area contributed by atoms with E-state index in [9.17, 15) is 4.79 Å². The van der Waals surface area contributed by atoms with E-state index in [4.69, 9.17) is 0 Å². The highest BCUT2D eigenvalue weighted by Crippen LogP contribution is 2.39. The molecule has 0 N–H and O–H groups in total. The molecular weight excluding hydrogens is 524 g/mol. The molecule has 0 fully saturated rings. The number of rotatable bonds is 4. The van der Waals surface area contributed by atoms with E-state index in [1.165, 1.54) is 33.0 Å². The first-order valence-electron chi connectivity index (χ1n) is 14.8. The summed E-state index contributed by atoms with van der Waals surface area (Å²) in [5.74, 6) is 0.0357. The highest BCUT2D eigenvalue weighted by atomic mass is 16.2. The first-order valence-corrected chi connectivity index (χ1v) is 14.8. The number of anilines is 1. The molecular formula is C40H30N2O. The number of nitrogens with zero attached hydrogens (tertiary/aromatic N) is 2. The number of aryl methyl sites for hydroxylation is 2. The molecule has 2 heterocycles. The lowest BCUT2D eigenvalue weighted by atomic mass is 9.99. The lowest BCUT2D eigenvalue weighted by Crippen LogP contribution is -2.23. The number of para-hydroxylation sites is 1. The summed E-state index contributed by atoms with van der Waals surface area (Å²) in [6.45, 7) is 4.85. The van der Waals surface area contributed by atoms with Crippen molar-refractivity contribution in [3.05, 3.63) is 156 Å². The van der Waals surface area contributed by atoms with Crippen LogP contribution >= 0.6 is 0 Å². The molecule has 3 nitrogen and oxygen atoms in total. The SMILES string of the molecule is Cc1cc(C)cc(-c2ccc3c(c2)c2ccccc2n3-c2cccc3c2C(=O)N(c2cccc(-c4ccccc4)c2)C3)c1. The van der Waals surface area contributed by atoms with E-state index in [2.05, 4.69) is 122 Å². The topological polar surface area (TPSA) is 25.2 Å². The largest absolute Gasteiger partial charge is 0.308 e. The fourth-order valence-corrected chi connectivity index (χ4v) is 6.77. The van der Waals surface area contributed by atoms with E-state index in [-0.39, 0.29) is 5.91 Å². The van der Waals surface area contributed by atoms with Crippen LogP contribution < -0.4 is 4.90 Å². The maximum Gasteiger partial charge on any atom is 0.261 e. The molecule has 0 radical (unpaired) electrons. The van der Waals surface area contributed by atoms with E-state index >= 15 is 0 Å². The van der Waals surface area contributed by atoms with Gasteiger partial charge in [-0.1, -0.05) is 108 Å². The van der Waals surface area contributed by atoms with Crippen LogP contribution in [0.3, 0.4) is 0 Å². The van der Waals surface area contributed by atoms with Crippen molar-refractivity contribution in [1.82, 2.24) is 4.57 Å². The molecule has 0 unspecified atom stereocenters. The molecule has 0 spiro atoms. The molecule has 43 heavy (non-hydrogen) atoms. The summed E-state index contributed by atoms with van der Waals surface area (Å²) in [4.78, 5) is 16.2. The molecule has 0 saturated heterocycles. The average molecular weight is 555 g/mol. The van der Waals surface area contributed by atoms with Gasteiger partial charge in [-0.15, -0.1) is 0 Å². The summed E-state index contributed by atoms with van der Waals surface area (Å²) >= 11 is 0. The number of fused-ring (bicyclic) bond motifs is 4. The van der Waals surface area contributed by atoms with Gasteiger partial charge in [-0.2, -0.15) is 0 Å². The van der Waals surface area contributed by atoms with Gasteiger partial charge in [-0.25, -0.2) is 0 Å². The summed E-state index contributed by atoms with van der Waals surface area (Å²) in [5, 5.41) is 2.36. The second-order valence-corrected chi connectivity index (χ2v) is 11.6. The summed E-state index contributed by atoms with van der Waals surface area (Å²) in [6, 6.07) is 46.8. The molecule has 0 atom stereocenters. The first kappa shape index (κ1) is 25.3. The number of carbonyl (C=O) groups excluding carboxylic acids is 1. The van der Waals surface area contributed by atoms with Gasteiger partial charge in [0, 0.05) is 16.5 Å². The van der Waals surface area contributed by atoms with Crippen molar-refractivity contribution in [2.75, 3.05) is 4.90 Å². The van der Waals surface area contributed by atoms with Crippen LogP contribution in [0.1, 0.15) is 27.0 Å². The Balaban J connectivity index is 1.27. The fourth-order valence-electron chi connectivity index (χ4n) is 6.77. The summed E-state index contributed by atoms with van der Waals surface area (Å²) < 4.78 is 2.27. The minimum atomic E-state index is 0.0357. The van der Waals surface area contributed by atoms with Crippen LogP contribution in [0.4, 0.5) is 5.69 Å².